The third-order valence-corrected chi connectivity index (χ3v) is 11.5. The molecule has 2 amide bonds. The molecule has 1 heterocycles. The number of hydrogen-bond acceptors (Lipinski definition) is 30. The lowest BCUT2D eigenvalue weighted by Crippen LogP contribution is -2.32. The number of hydrogen-bond donors (Lipinski definition) is 0. The van der Waals surface area contributed by atoms with E-state index in [1.54, 1.807) is 6.92 Å². The van der Waals surface area contributed by atoms with E-state index in [4.69, 9.17) is 119 Å². The van der Waals surface area contributed by atoms with Gasteiger partial charge in [-0.05, 0) is 0 Å². The number of nitrogens with zero attached hydrogens (tertiary/aromatic N) is 1. The van der Waals surface area contributed by atoms with Gasteiger partial charge in [-0.2, -0.15) is 0 Å². The number of carbonyl (C=O) groups is 4. The quantitative estimate of drug-likeness (QED) is 0.0597. The molecule has 1 saturated heterocycles. The topological polar surface area (TPSA) is 302 Å². The molecule has 0 N–H and O–H groups in total. The van der Waals surface area contributed by atoms with E-state index in [0.29, 0.717) is 315 Å². The van der Waals surface area contributed by atoms with E-state index in [2.05, 4.69) is 0 Å². The standard InChI is InChI=1S/C57H107NO29S/c1-54(59)88-53-52-86-51-50-85-49-48-84-47-46-83-45-44-82-43-42-81-41-40-80-39-38-79-37-36-78-35-34-77-33-32-76-31-30-75-29-28-74-27-26-73-25-24-72-23-22-71-21-20-70-19-18-69-17-16-68-15-14-67-13-12-66-11-10-65-9-8-64-7-6-63-5-4-57(62)87-58-55(60)2-3-56(58)61/h2-53H2,1H3. The maximum absolute atomic E-state index is 11.7. The third kappa shape index (κ3) is 66.6. The van der Waals surface area contributed by atoms with Crippen LogP contribution in [0.5, 0.6) is 0 Å². The summed E-state index contributed by atoms with van der Waals surface area (Å²) in [7, 11) is 0. The summed E-state index contributed by atoms with van der Waals surface area (Å²) in [6, 6.07) is 0. The Bertz CT molecular complexity index is 1470. The van der Waals surface area contributed by atoms with Crippen molar-refractivity contribution in [2.75, 3.05) is 323 Å². The fraction of sp³-hybridized carbons (Fsp3) is 0.930. The first-order chi connectivity index (χ1) is 43.5. The summed E-state index contributed by atoms with van der Waals surface area (Å²) >= 11 is 1.26. The van der Waals surface area contributed by atoms with Crippen LogP contribution in [0.15, 0.2) is 0 Å². The summed E-state index contributed by atoms with van der Waals surface area (Å²) in [5, 5.41) is 0.613. The van der Waals surface area contributed by atoms with Gasteiger partial charge in [-0.3, -0.25) is 14.4 Å². The molecule has 0 saturated carbocycles. The van der Waals surface area contributed by atoms with Crippen molar-refractivity contribution in [3.05, 3.63) is 0 Å². The Morgan fingerprint density at radius 3 is 0.568 bits per heavy atom. The smallest absolute Gasteiger partial charge is 0.335 e. The fourth-order valence-corrected chi connectivity index (χ4v) is 6.85. The van der Waals surface area contributed by atoms with Crippen molar-refractivity contribution in [2.45, 2.75) is 26.2 Å². The van der Waals surface area contributed by atoms with Crippen molar-refractivity contribution < 1.29 is 138 Å². The molecule has 0 bridgehead atoms. The number of rotatable bonds is 76. The van der Waals surface area contributed by atoms with Gasteiger partial charge < -0.3 is 119 Å². The molecule has 30 nitrogen and oxygen atoms in total. The lowest BCUT2D eigenvalue weighted by Gasteiger charge is -2.12. The second kappa shape index (κ2) is 72.1. The monoisotopic (exact) mass is 1300 g/mol. The zero-order chi connectivity index (χ0) is 63.0. The van der Waals surface area contributed by atoms with Gasteiger partial charge in [0.15, 0.2) is 5.12 Å². The number of thioether (sulfide) groups is 1. The molecule has 1 aliphatic heterocycles. The van der Waals surface area contributed by atoms with Crippen LogP contribution in [0.3, 0.4) is 0 Å². The molecule has 1 fully saturated rings. The van der Waals surface area contributed by atoms with Crippen LogP contribution < -0.4 is 0 Å². The molecular weight excluding hydrogens is 1190 g/mol. The van der Waals surface area contributed by atoms with E-state index in [1.807, 2.05) is 0 Å². The second-order valence-corrected chi connectivity index (χ2v) is 19.1. The van der Waals surface area contributed by atoms with Crippen molar-refractivity contribution in [3.8, 4) is 0 Å². The summed E-state index contributed by atoms with van der Waals surface area (Å²) in [4.78, 5) is 50.2. The fourth-order valence-electron chi connectivity index (χ4n) is 6.37. The number of carbonyl (C=O) groups excluding carboxylic acids is 4. The minimum atomic E-state index is -0.706. The first kappa shape index (κ1) is 83.7. The Labute approximate surface area is 524 Å². The largest absolute Gasteiger partial charge is 0.378 e. The molecule has 1 aliphatic rings. The zero-order valence-electron chi connectivity index (χ0n) is 52.5. The van der Waals surface area contributed by atoms with Gasteiger partial charge in [0.25, 0.3) is 11.8 Å². The Kier molecular flexibility index (Phi) is 68.6. The third-order valence-electron chi connectivity index (χ3n) is 10.7. The molecular formula is C57H107NO29S. The van der Waals surface area contributed by atoms with E-state index in [0.717, 1.165) is 0 Å². The Balaban J connectivity index is 1.59. The van der Waals surface area contributed by atoms with Crippen molar-refractivity contribution >= 4 is 34.7 Å². The van der Waals surface area contributed by atoms with Crippen LogP contribution in [-0.2, 0) is 138 Å². The van der Waals surface area contributed by atoms with Crippen molar-refractivity contribution in [3.63, 3.8) is 0 Å². The van der Waals surface area contributed by atoms with Gasteiger partial charge in [0, 0.05) is 25.5 Å². The molecule has 0 spiro atoms. The second-order valence-electron chi connectivity index (χ2n) is 17.8. The summed E-state index contributed by atoms with van der Waals surface area (Å²) in [6.45, 7) is 23.4. The average molecular weight is 1300 g/mol. The molecule has 0 aromatic rings. The summed E-state index contributed by atoms with van der Waals surface area (Å²) in [5.74, 6) is -1.07. The van der Waals surface area contributed by atoms with Crippen LogP contribution in [-0.4, -0.2) is 351 Å². The highest BCUT2D eigenvalue weighted by molar-refractivity contribution is 8.13. The first-order valence-electron chi connectivity index (χ1n) is 30.6. The maximum Gasteiger partial charge on any atom is 0.335 e. The molecule has 0 unspecified atom stereocenters. The van der Waals surface area contributed by atoms with Crippen molar-refractivity contribution in [1.29, 1.82) is 0 Å². The summed E-state index contributed by atoms with van der Waals surface area (Å²) in [5.41, 5.74) is 0. The lowest BCUT2D eigenvalue weighted by atomic mass is 10.4. The summed E-state index contributed by atoms with van der Waals surface area (Å²) < 4.78 is 132. The highest BCUT2D eigenvalue weighted by Crippen LogP contribution is 2.12. The van der Waals surface area contributed by atoms with Gasteiger partial charge in [-0.15, -0.1) is 5.06 Å². The molecule has 0 radical (unpaired) electrons. The number of ether oxygens (including phenoxy) is 24. The molecule has 88 heavy (non-hydrogen) atoms. The van der Waals surface area contributed by atoms with Gasteiger partial charge in [-0.25, -0.2) is 4.79 Å². The van der Waals surface area contributed by atoms with Crippen molar-refractivity contribution in [2.24, 2.45) is 0 Å². The van der Waals surface area contributed by atoms with Gasteiger partial charge >= 0.3 is 5.97 Å². The van der Waals surface area contributed by atoms with E-state index in [-0.39, 0.29) is 37.6 Å². The van der Waals surface area contributed by atoms with Gasteiger partial charge in [-0.1, -0.05) is 11.8 Å². The number of amides is 2. The first-order valence-corrected chi connectivity index (χ1v) is 31.5. The van der Waals surface area contributed by atoms with E-state index < -0.39 is 17.8 Å². The molecule has 0 aromatic carbocycles. The zero-order valence-corrected chi connectivity index (χ0v) is 53.3. The summed E-state index contributed by atoms with van der Waals surface area (Å²) in [6.07, 6.45) is 0.0205. The Hall–Kier alpha value is -2.33. The minimum Gasteiger partial charge on any atom is -0.378 e. The lowest BCUT2D eigenvalue weighted by molar-refractivity contribution is -0.198. The van der Waals surface area contributed by atoms with Crippen LogP contribution in [0.25, 0.3) is 0 Å². The van der Waals surface area contributed by atoms with E-state index in [1.165, 1.54) is 11.8 Å². The number of hydroxylamine groups is 2. The predicted octanol–water partition coefficient (Wildman–Crippen LogP) is 0.662. The molecule has 1 rings (SSSR count). The van der Waals surface area contributed by atoms with Crippen LogP contribution in [0.1, 0.15) is 26.2 Å². The SMILES string of the molecule is CC(=O)SCCOCCOCCOCCOCCOCCOCCOCCOCCOCCOCCOCCOCCOCCOCCOCCOCCOCCOCCOCCOCCOCCOCCOCCOCCC(=O)ON1C(=O)CCC1=O. The minimum absolute atomic E-state index is 0.0516. The molecule has 0 aromatic heterocycles. The molecule has 520 valence electrons. The predicted molar refractivity (Wildman–Crippen MR) is 315 cm³/mol. The van der Waals surface area contributed by atoms with Crippen molar-refractivity contribution in [1.82, 2.24) is 5.06 Å². The highest BCUT2D eigenvalue weighted by atomic mass is 32.2. The average Bonchev–Trinajstić information content (AvgIpc) is 4.01. The molecule has 0 aliphatic carbocycles. The molecule has 31 heteroatoms. The number of imide groups is 1. The Morgan fingerprint density at radius 1 is 0.261 bits per heavy atom. The van der Waals surface area contributed by atoms with Crippen LogP contribution in [0.2, 0.25) is 0 Å². The van der Waals surface area contributed by atoms with E-state index in [9.17, 15) is 19.2 Å². The van der Waals surface area contributed by atoms with Gasteiger partial charge in [0.1, 0.15) is 0 Å². The van der Waals surface area contributed by atoms with Crippen LogP contribution in [0, 0.1) is 0 Å². The van der Waals surface area contributed by atoms with Gasteiger partial charge in [0.2, 0.25) is 0 Å². The normalized spacial score (nSPS) is 12.6. The maximum atomic E-state index is 11.7. The van der Waals surface area contributed by atoms with Crippen LogP contribution >= 0.6 is 11.8 Å². The van der Waals surface area contributed by atoms with E-state index >= 15 is 0 Å². The highest BCUT2D eigenvalue weighted by Gasteiger charge is 2.32. The Morgan fingerprint density at radius 2 is 0.409 bits per heavy atom. The van der Waals surface area contributed by atoms with Crippen LogP contribution in [0.4, 0.5) is 0 Å². The van der Waals surface area contributed by atoms with Gasteiger partial charge in [0.05, 0.1) is 324 Å². The molecule has 0 atom stereocenters.